The maximum Gasteiger partial charge on any atom is 0.133 e. The fourth-order valence-electron chi connectivity index (χ4n) is 2.46. The van der Waals surface area contributed by atoms with Crippen LogP contribution < -0.4 is 5.73 Å². The largest absolute Gasteiger partial charge is 0.386 e. The number of amidine groups is 1. The molecular formula is C16H13ClFN3. The molecule has 2 aromatic carbocycles. The first-order valence-electron chi connectivity index (χ1n) is 6.56. The number of nitrogens with two attached hydrogens (primary N) is 1. The molecule has 21 heavy (non-hydrogen) atoms. The van der Waals surface area contributed by atoms with E-state index in [1.807, 2.05) is 30.3 Å². The van der Waals surface area contributed by atoms with Gasteiger partial charge in [0.15, 0.2) is 0 Å². The van der Waals surface area contributed by atoms with Crippen molar-refractivity contribution in [1.82, 2.24) is 0 Å². The van der Waals surface area contributed by atoms with E-state index in [2.05, 4.69) is 10.2 Å². The molecule has 1 heterocycles. The Kier molecular flexibility index (Phi) is 3.71. The third kappa shape index (κ3) is 2.67. The van der Waals surface area contributed by atoms with Crippen LogP contribution in [0.25, 0.3) is 0 Å². The monoisotopic (exact) mass is 301 g/mol. The van der Waals surface area contributed by atoms with Crippen LogP contribution in [0, 0.1) is 5.82 Å². The summed E-state index contributed by atoms with van der Waals surface area (Å²) in [5.74, 6) is -0.129. The van der Waals surface area contributed by atoms with Crippen molar-refractivity contribution in [3.8, 4) is 0 Å². The molecule has 0 radical (unpaired) electrons. The van der Waals surface area contributed by atoms with Gasteiger partial charge in [-0.15, -0.1) is 5.10 Å². The van der Waals surface area contributed by atoms with Crippen LogP contribution in [0.5, 0.6) is 0 Å². The Morgan fingerprint density at radius 3 is 2.52 bits per heavy atom. The predicted octanol–water partition coefficient (Wildman–Crippen LogP) is 3.73. The first-order valence-corrected chi connectivity index (χ1v) is 6.94. The first-order chi connectivity index (χ1) is 10.2. The zero-order valence-corrected chi connectivity index (χ0v) is 11.9. The average molecular weight is 302 g/mol. The highest BCUT2D eigenvalue weighted by Gasteiger charge is 2.28. The average Bonchev–Trinajstić information content (AvgIpc) is 2.49. The lowest BCUT2D eigenvalue weighted by atomic mass is 9.86. The summed E-state index contributed by atoms with van der Waals surface area (Å²) in [6.07, 6.45) is 0.494. The molecule has 1 aliphatic rings. The third-order valence-electron chi connectivity index (χ3n) is 3.45. The second kappa shape index (κ2) is 5.66. The Hall–Kier alpha value is -2.20. The molecule has 0 aliphatic carbocycles. The minimum Gasteiger partial charge on any atom is -0.386 e. The summed E-state index contributed by atoms with van der Waals surface area (Å²) in [5, 5.41) is 8.34. The van der Waals surface area contributed by atoms with Crippen LogP contribution in [0.1, 0.15) is 23.5 Å². The number of rotatable bonds is 2. The van der Waals surface area contributed by atoms with Gasteiger partial charge >= 0.3 is 0 Å². The van der Waals surface area contributed by atoms with Gasteiger partial charge in [0.1, 0.15) is 11.7 Å². The number of nitrogens with zero attached hydrogens (tertiary/aromatic N) is 2. The summed E-state index contributed by atoms with van der Waals surface area (Å²) >= 11 is 6.15. The molecule has 2 aromatic rings. The van der Waals surface area contributed by atoms with E-state index in [9.17, 15) is 4.39 Å². The van der Waals surface area contributed by atoms with Gasteiger partial charge in [-0.05, 0) is 17.7 Å². The van der Waals surface area contributed by atoms with Gasteiger partial charge in [0.25, 0.3) is 0 Å². The van der Waals surface area contributed by atoms with Crippen LogP contribution in [0.2, 0.25) is 5.02 Å². The highest BCUT2D eigenvalue weighted by Crippen LogP contribution is 2.32. The van der Waals surface area contributed by atoms with E-state index in [0.29, 0.717) is 28.6 Å². The second-order valence-corrected chi connectivity index (χ2v) is 5.25. The number of halogens is 2. The zero-order chi connectivity index (χ0) is 14.8. The van der Waals surface area contributed by atoms with Gasteiger partial charge in [-0.3, -0.25) is 0 Å². The number of hydrogen-bond donors (Lipinski definition) is 1. The SMILES string of the molecule is NC1=NN=C(c2c(F)cccc2Cl)C(c2ccccc2)C1. The summed E-state index contributed by atoms with van der Waals surface area (Å²) in [4.78, 5) is 0. The molecule has 0 bridgehead atoms. The minimum atomic E-state index is -0.405. The molecule has 0 aromatic heterocycles. The maximum absolute atomic E-state index is 14.2. The van der Waals surface area contributed by atoms with E-state index in [4.69, 9.17) is 17.3 Å². The van der Waals surface area contributed by atoms with E-state index < -0.39 is 5.82 Å². The van der Waals surface area contributed by atoms with Gasteiger partial charge in [0.05, 0.1) is 16.3 Å². The summed E-state index contributed by atoms with van der Waals surface area (Å²) in [6, 6.07) is 14.3. The van der Waals surface area contributed by atoms with Crippen LogP contribution >= 0.6 is 11.6 Å². The molecule has 0 saturated heterocycles. The lowest BCUT2D eigenvalue weighted by Gasteiger charge is -2.22. The van der Waals surface area contributed by atoms with Crippen LogP contribution in [0.3, 0.4) is 0 Å². The van der Waals surface area contributed by atoms with Gasteiger partial charge in [-0.2, -0.15) is 5.10 Å². The van der Waals surface area contributed by atoms with Crippen molar-refractivity contribution in [3.63, 3.8) is 0 Å². The number of benzene rings is 2. The van der Waals surface area contributed by atoms with Crippen molar-refractivity contribution < 1.29 is 4.39 Å². The van der Waals surface area contributed by atoms with Gasteiger partial charge in [0, 0.05) is 12.3 Å². The fraction of sp³-hybridized carbons (Fsp3) is 0.125. The van der Waals surface area contributed by atoms with Crippen molar-refractivity contribution in [3.05, 3.63) is 70.5 Å². The molecule has 1 unspecified atom stereocenters. The molecule has 0 saturated carbocycles. The van der Waals surface area contributed by atoms with Crippen molar-refractivity contribution in [2.45, 2.75) is 12.3 Å². The summed E-state index contributed by atoms with van der Waals surface area (Å²) in [7, 11) is 0. The van der Waals surface area contributed by atoms with Gasteiger partial charge < -0.3 is 5.73 Å². The first kappa shape index (κ1) is 13.8. The molecule has 2 N–H and O–H groups in total. The molecule has 5 heteroatoms. The standard InChI is InChI=1S/C16H13ClFN3/c17-12-7-4-8-13(18)15(12)16-11(9-14(19)20-21-16)10-5-2-1-3-6-10/h1-8,11H,9H2,(H2,19,20). The smallest absolute Gasteiger partial charge is 0.133 e. The van der Waals surface area contributed by atoms with Crippen LogP contribution in [0.4, 0.5) is 4.39 Å². The molecule has 3 rings (SSSR count). The minimum absolute atomic E-state index is 0.155. The van der Waals surface area contributed by atoms with Crippen molar-refractivity contribution in [1.29, 1.82) is 0 Å². The fourth-order valence-corrected chi connectivity index (χ4v) is 2.72. The Morgan fingerprint density at radius 2 is 1.81 bits per heavy atom. The molecule has 1 atom stereocenters. The van der Waals surface area contributed by atoms with E-state index >= 15 is 0 Å². The molecule has 0 amide bonds. The normalized spacial score (nSPS) is 18.1. The van der Waals surface area contributed by atoms with E-state index in [1.165, 1.54) is 6.07 Å². The van der Waals surface area contributed by atoms with Gasteiger partial charge in [-0.25, -0.2) is 4.39 Å². The summed E-state index contributed by atoms with van der Waals surface area (Å²) < 4.78 is 14.2. The molecule has 0 spiro atoms. The Labute approximate surface area is 127 Å². The van der Waals surface area contributed by atoms with Crippen LogP contribution in [-0.4, -0.2) is 11.5 Å². The molecule has 106 valence electrons. The van der Waals surface area contributed by atoms with Gasteiger partial charge in [0.2, 0.25) is 0 Å². The van der Waals surface area contributed by atoms with Crippen molar-refractivity contribution in [2.24, 2.45) is 15.9 Å². The van der Waals surface area contributed by atoms with Crippen LogP contribution in [0.15, 0.2) is 58.7 Å². The molecular weight excluding hydrogens is 289 g/mol. The Bertz CT molecular complexity index is 705. The second-order valence-electron chi connectivity index (χ2n) is 4.84. The third-order valence-corrected chi connectivity index (χ3v) is 3.77. The van der Waals surface area contributed by atoms with E-state index in [-0.39, 0.29) is 5.92 Å². The predicted molar refractivity (Wildman–Crippen MR) is 83.4 cm³/mol. The van der Waals surface area contributed by atoms with E-state index in [0.717, 1.165) is 5.56 Å². The Morgan fingerprint density at radius 1 is 1.05 bits per heavy atom. The van der Waals surface area contributed by atoms with Crippen molar-refractivity contribution in [2.75, 3.05) is 0 Å². The molecule has 0 fully saturated rings. The van der Waals surface area contributed by atoms with Gasteiger partial charge in [-0.1, -0.05) is 48.0 Å². The van der Waals surface area contributed by atoms with Crippen LogP contribution in [-0.2, 0) is 0 Å². The molecule has 3 nitrogen and oxygen atoms in total. The quantitative estimate of drug-likeness (QED) is 0.903. The maximum atomic E-state index is 14.2. The Balaban J connectivity index is 2.13. The highest BCUT2D eigenvalue weighted by atomic mass is 35.5. The topological polar surface area (TPSA) is 50.7 Å². The van der Waals surface area contributed by atoms with Crippen molar-refractivity contribution >= 4 is 23.1 Å². The van der Waals surface area contributed by atoms with E-state index in [1.54, 1.807) is 12.1 Å². The molecule has 1 aliphatic heterocycles. The summed E-state index contributed by atoms with van der Waals surface area (Å²) in [5.41, 5.74) is 7.61. The highest BCUT2D eigenvalue weighted by molar-refractivity contribution is 6.34. The zero-order valence-electron chi connectivity index (χ0n) is 11.1. The number of hydrogen-bond acceptors (Lipinski definition) is 3. The lowest BCUT2D eigenvalue weighted by Crippen LogP contribution is -2.26. The lowest BCUT2D eigenvalue weighted by molar-refractivity contribution is 0.623. The summed E-state index contributed by atoms with van der Waals surface area (Å²) in [6.45, 7) is 0.